The molecule has 0 spiro atoms. The Bertz CT molecular complexity index is 81.3. The topological polar surface area (TPSA) is 17.1 Å². The van der Waals surface area contributed by atoms with Gasteiger partial charge in [-0.25, -0.2) is 0 Å². The van der Waals surface area contributed by atoms with Crippen molar-refractivity contribution < 1.29 is 2.69 Å². The Morgan fingerprint density at radius 1 is 1.00 bits per heavy atom. The standard InChI is InChI=1S/2C4H9.O.Pb/c2*1-3-4-2;;/h2*1,3-4H2,2H3;;. The summed E-state index contributed by atoms with van der Waals surface area (Å²) >= 11 is -2.13. The molecule has 0 aromatic carbocycles. The molecule has 0 saturated carbocycles. The maximum atomic E-state index is 11.3. The predicted octanol–water partition coefficient (Wildman–Crippen LogP) is 3.01. The molecule has 0 aliphatic rings. The molecule has 0 atom stereocenters. The molecule has 2 heteroatoms. The molecule has 0 N–H and O–H groups in total. The van der Waals surface area contributed by atoms with Gasteiger partial charge in [-0.2, -0.15) is 0 Å². The van der Waals surface area contributed by atoms with E-state index in [4.69, 9.17) is 0 Å². The van der Waals surface area contributed by atoms with Crippen molar-refractivity contribution in [2.45, 2.75) is 47.5 Å². The first kappa shape index (κ1) is 10.7. The molecule has 10 heavy (non-hydrogen) atoms. The van der Waals surface area contributed by atoms with Gasteiger partial charge in [-0.1, -0.05) is 0 Å². The van der Waals surface area contributed by atoms with Gasteiger partial charge in [0.2, 0.25) is 0 Å². The molecule has 0 rings (SSSR count). The van der Waals surface area contributed by atoms with Crippen LogP contribution in [0.5, 0.6) is 0 Å². The fourth-order valence-corrected chi connectivity index (χ4v) is 7.66. The van der Waals surface area contributed by atoms with Crippen LogP contribution in [-0.2, 0) is 2.69 Å². The third kappa shape index (κ3) is 6.84. The van der Waals surface area contributed by atoms with Crippen LogP contribution in [0.3, 0.4) is 0 Å². The zero-order chi connectivity index (χ0) is 7.82. The van der Waals surface area contributed by atoms with Crippen LogP contribution in [-0.4, -0.2) is 22.7 Å². The Kier molecular flexibility index (Phi) is 8.39. The van der Waals surface area contributed by atoms with Crippen LogP contribution in [0.2, 0.25) is 7.96 Å². The quantitative estimate of drug-likeness (QED) is 0.681. The summed E-state index contributed by atoms with van der Waals surface area (Å²) in [5, 5.41) is 0. The molecular formula is C8H18OPb. The summed E-state index contributed by atoms with van der Waals surface area (Å²) in [5.41, 5.74) is 0. The average molecular weight is 337 g/mol. The zero-order valence-electron chi connectivity index (χ0n) is 7.15. The van der Waals surface area contributed by atoms with E-state index >= 15 is 0 Å². The van der Waals surface area contributed by atoms with Gasteiger partial charge in [0, 0.05) is 0 Å². The van der Waals surface area contributed by atoms with Crippen molar-refractivity contribution >= 4 is 22.7 Å². The van der Waals surface area contributed by atoms with E-state index in [-0.39, 0.29) is 0 Å². The maximum absolute atomic E-state index is 11.3. The van der Waals surface area contributed by atoms with Gasteiger partial charge in [-0.3, -0.25) is 0 Å². The molecule has 60 valence electrons. The van der Waals surface area contributed by atoms with Crippen LogP contribution in [0, 0.1) is 0 Å². The second-order valence-corrected chi connectivity index (χ2v) is 10.8. The normalized spacial score (nSPS) is 9.80. The molecule has 0 saturated heterocycles. The second-order valence-electron chi connectivity index (χ2n) is 2.75. The number of hydrogen-bond donors (Lipinski definition) is 0. The minimum absolute atomic E-state index is 1.10. The fraction of sp³-hybridized carbons (Fsp3) is 1.00. The Morgan fingerprint density at radius 3 is 1.70 bits per heavy atom. The molecule has 0 aliphatic heterocycles. The molecule has 0 radical (unpaired) electrons. The van der Waals surface area contributed by atoms with Gasteiger partial charge in [0.05, 0.1) is 0 Å². The first-order valence-corrected chi connectivity index (χ1v) is 11.4. The summed E-state index contributed by atoms with van der Waals surface area (Å²) < 4.78 is 13.5. The number of unbranched alkanes of at least 4 members (excludes halogenated alkanes) is 2. The fourth-order valence-electron chi connectivity index (χ4n) is 0.873. The molecule has 0 aromatic heterocycles. The summed E-state index contributed by atoms with van der Waals surface area (Å²) in [6.07, 6.45) is 4.83. The van der Waals surface area contributed by atoms with E-state index in [1.807, 2.05) is 0 Å². The average Bonchev–Trinajstić information content (AvgIpc) is 1.97. The second kappa shape index (κ2) is 7.82. The Labute approximate surface area is 72.8 Å². The van der Waals surface area contributed by atoms with Crippen molar-refractivity contribution in [3.05, 3.63) is 0 Å². The van der Waals surface area contributed by atoms with Crippen molar-refractivity contribution in [2.75, 3.05) is 0 Å². The van der Waals surface area contributed by atoms with E-state index in [1.165, 1.54) is 25.7 Å². The zero-order valence-corrected chi connectivity index (χ0v) is 11.0. The van der Waals surface area contributed by atoms with Crippen LogP contribution >= 0.6 is 0 Å². The van der Waals surface area contributed by atoms with Gasteiger partial charge in [0.15, 0.2) is 0 Å². The summed E-state index contributed by atoms with van der Waals surface area (Å²) in [5.74, 6) is 0. The minimum atomic E-state index is -2.13. The third-order valence-corrected chi connectivity index (χ3v) is 8.70. The van der Waals surface area contributed by atoms with E-state index in [0.29, 0.717) is 0 Å². The van der Waals surface area contributed by atoms with Gasteiger partial charge >= 0.3 is 72.9 Å². The van der Waals surface area contributed by atoms with Gasteiger partial charge < -0.3 is 0 Å². The van der Waals surface area contributed by atoms with E-state index in [0.717, 1.165) is 7.96 Å². The van der Waals surface area contributed by atoms with Crippen molar-refractivity contribution in [1.82, 2.24) is 0 Å². The summed E-state index contributed by atoms with van der Waals surface area (Å²) in [6, 6.07) is 0. The van der Waals surface area contributed by atoms with Gasteiger partial charge in [0.25, 0.3) is 0 Å². The van der Waals surface area contributed by atoms with Gasteiger partial charge in [0.1, 0.15) is 0 Å². The van der Waals surface area contributed by atoms with Crippen LogP contribution in [0.15, 0.2) is 0 Å². The third-order valence-electron chi connectivity index (χ3n) is 1.62. The number of rotatable bonds is 6. The van der Waals surface area contributed by atoms with Crippen molar-refractivity contribution in [3.8, 4) is 0 Å². The molecule has 0 bridgehead atoms. The van der Waals surface area contributed by atoms with Crippen molar-refractivity contribution in [3.63, 3.8) is 0 Å². The van der Waals surface area contributed by atoms with E-state index < -0.39 is 22.7 Å². The van der Waals surface area contributed by atoms with E-state index in [2.05, 4.69) is 13.8 Å². The van der Waals surface area contributed by atoms with Crippen molar-refractivity contribution in [2.24, 2.45) is 0 Å². The predicted molar refractivity (Wildman–Crippen MR) is 45.9 cm³/mol. The Balaban J connectivity index is 3.09. The number of hydrogen-bond acceptors (Lipinski definition) is 1. The first-order chi connectivity index (χ1) is 4.81. The molecule has 0 unspecified atom stereocenters. The molecule has 0 amide bonds. The van der Waals surface area contributed by atoms with Crippen LogP contribution in [0.1, 0.15) is 39.5 Å². The molecule has 1 nitrogen and oxygen atoms in total. The Hall–Kier alpha value is 0.722. The summed E-state index contributed by atoms with van der Waals surface area (Å²) in [7, 11) is 0. The van der Waals surface area contributed by atoms with E-state index in [9.17, 15) is 2.69 Å². The summed E-state index contributed by atoms with van der Waals surface area (Å²) in [4.78, 5) is 0. The van der Waals surface area contributed by atoms with Crippen LogP contribution < -0.4 is 0 Å². The first-order valence-electron chi connectivity index (χ1n) is 4.33. The molecular weight excluding hydrogens is 319 g/mol. The Morgan fingerprint density at radius 2 is 1.40 bits per heavy atom. The molecule has 0 fully saturated rings. The molecule has 0 aromatic rings. The van der Waals surface area contributed by atoms with Gasteiger partial charge in [-0.05, 0) is 0 Å². The monoisotopic (exact) mass is 338 g/mol. The van der Waals surface area contributed by atoms with E-state index in [1.54, 1.807) is 0 Å². The van der Waals surface area contributed by atoms with Crippen LogP contribution in [0.25, 0.3) is 0 Å². The summed E-state index contributed by atoms with van der Waals surface area (Å²) in [6.45, 7) is 4.33. The molecule has 0 heterocycles. The van der Waals surface area contributed by atoms with Gasteiger partial charge in [-0.15, -0.1) is 0 Å². The van der Waals surface area contributed by atoms with Crippen molar-refractivity contribution in [1.29, 1.82) is 0 Å². The molecule has 0 aliphatic carbocycles. The van der Waals surface area contributed by atoms with Crippen LogP contribution in [0.4, 0.5) is 0 Å². The SMILES string of the molecule is CCC[CH2][Pb](=[O])[CH2]CCC.